The minimum atomic E-state index is 0.918. The summed E-state index contributed by atoms with van der Waals surface area (Å²) in [6.45, 7) is 6.02. The molecule has 0 spiro atoms. The normalized spacial score (nSPS) is 27.4. The minimum Gasteiger partial charge on any atom is -0.381 e. The van der Waals surface area contributed by atoms with Crippen LogP contribution >= 0.6 is 0 Å². The molecule has 0 aromatic carbocycles. The first-order chi connectivity index (χ1) is 6.95. The van der Waals surface area contributed by atoms with Crippen molar-refractivity contribution in [1.82, 2.24) is 4.90 Å². The van der Waals surface area contributed by atoms with Gasteiger partial charge in [-0.1, -0.05) is 12.8 Å². The zero-order valence-electron chi connectivity index (χ0n) is 9.21. The summed E-state index contributed by atoms with van der Waals surface area (Å²) in [5.41, 5.74) is 0. The van der Waals surface area contributed by atoms with E-state index in [4.69, 9.17) is 4.74 Å². The van der Waals surface area contributed by atoms with Gasteiger partial charge < -0.3 is 9.64 Å². The molecule has 0 aliphatic carbocycles. The van der Waals surface area contributed by atoms with E-state index < -0.39 is 0 Å². The van der Waals surface area contributed by atoms with E-state index in [1.165, 1.54) is 58.2 Å². The highest BCUT2D eigenvalue weighted by Gasteiger charge is 2.18. The zero-order valence-corrected chi connectivity index (χ0v) is 9.21. The fourth-order valence-electron chi connectivity index (χ4n) is 2.61. The average molecular weight is 197 g/mol. The molecular weight excluding hydrogens is 174 g/mol. The second-order valence-electron chi connectivity index (χ2n) is 4.77. The Kier molecular flexibility index (Phi) is 4.26. The summed E-state index contributed by atoms with van der Waals surface area (Å²) in [4.78, 5) is 2.68. The van der Waals surface area contributed by atoms with Gasteiger partial charge in [0.25, 0.3) is 0 Å². The predicted molar refractivity (Wildman–Crippen MR) is 58.5 cm³/mol. The van der Waals surface area contributed by atoms with Gasteiger partial charge in [0.1, 0.15) is 0 Å². The number of nitrogens with zero attached hydrogens (tertiary/aromatic N) is 1. The Balaban J connectivity index is 1.71. The van der Waals surface area contributed by atoms with Crippen LogP contribution in [0.15, 0.2) is 0 Å². The molecule has 0 radical (unpaired) electrons. The molecule has 0 bridgehead atoms. The summed E-state index contributed by atoms with van der Waals surface area (Å²) in [7, 11) is 0. The quantitative estimate of drug-likeness (QED) is 0.673. The van der Waals surface area contributed by atoms with E-state index in [-0.39, 0.29) is 0 Å². The van der Waals surface area contributed by atoms with Gasteiger partial charge in [0.15, 0.2) is 0 Å². The third kappa shape index (κ3) is 3.25. The lowest BCUT2D eigenvalue weighted by molar-refractivity contribution is 0.0530. The van der Waals surface area contributed by atoms with Gasteiger partial charge >= 0.3 is 0 Å². The number of hydrogen-bond donors (Lipinski definition) is 0. The van der Waals surface area contributed by atoms with Crippen LogP contribution in [-0.4, -0.2) is 37.7 Å². The van der Waals surface area contributed by atoms with Gasteiger partial charge in [-0.3, -0.25) is 0 Å². The highest BCUT2D eigenvalue weighted by atomic mass is 16.5. The molecular formula is C12H23NO. The zero-order chi connectivity index (χ0) is 9.64. The van der Waals surface area contributed by atoms with Gasteiger partial charge in [-0.15, -0.1) is 0 Å². The van der Waals surface area contributed by atoms with Gasteiger partial charge in [0, 0.05) is 19.8 Å². The van der Waals surface area contributed by atoms with Crippen LogP contribution in [0.4, 0.5) is 0 Å². The van der Waals surface area contributed by atoms with E-state index in [2.05, 4.69) is 4.90 Å². The van der Waals surface area contributed by atoms with Crippen LogP contribution in [0.5, 0.6) is 0 Å². The summed E-state index contributed by atoms with van der Waals surface area (Å²) < 4.78 is 5.40. The average Bonchev–Trinajstić information content (AvgIpc) is 2.48. The molecule has 2 saturated heterocycles. The minimum absolute atomic E-state index is 0.918. The summed E-state index contributed by atoms with van der Waals surface area (Å²) >= 11 is 0. The summed E-state index contributed by atoms with van der Waals surface area (Å²) in [5, 5.41) is 0. The molecule has 14 heavy (non-hydrogen) atoms. The number of ether oxygens (including phenoxy) is 1. The Bertz CT molecular complexity index is 146. The molecule has 2 heteroatoms. The molecule has 82 valence electrons. The monoisotopic (exact) mass is 197 g/mol. The maximum absolute atomic E-state index is 5.40. The smallest absolute Gasteiger partial charge is 0.0469 e. The molecule has 2 heterocycles. The topological polar surface area (TPSA) is 12.5 Å². The Hall–Kier alpha value is -0.0800. The van der Waals surface area contributed by atoms with Crippen molar-refractivity contribution in [2.45, 2.75) is 38.5 Å². The lowest BCUT2D eigenvalue weighted by Crippen LogP contribution is -2.33. The lowest BCUT2D eigenvalue weighted by atomic mass is 9.99. The van der Waals surface area contributed by atoms with Crippen molar-refractivity contribution in [2.24, 2.45) is 5.92 Å². The van der Waals surface area contributed by atoms with E-state index in [1.54, 1.807) is 0 Å². The van der Waals surface area contributed by atoms with Crippen LogP contribution in [0.25, 0.3) is 0 Å². The molecule has 0 saturated carbocycles. The first-order valence-corrected chi connectivity index (χ1v) is 6.25. The third-order valence-electron chi connectivity index (χ3n) is 3.56. The molecule has 2 rings (SSSR count). The van der Waals surface area contributed by atoms with Crippen molar-refractivity contribution in [1.29, 1.82) is 0 Å². The van der Waals surface area contributed by atoms with Crippen molar-refractivity contribution >= 4 is 0 Å². The fourth-order valence-corrected chi connectivity index (χ4v) is 2.61. The standard InChI is InChI=1S/C12H23NO/c1-2-4-8-13(7-3-1)11-12-5-9-14-10-6-12/h12H,1-11H2. The van der Waals surface area contributed by atoms with Crippen LogP contribution in [0.2, 0.25) is 0 Å². The maximum Gasteiger partial charge on any atom is 0.0469 e. The SMILES string of the molecule is C1CCCN(CC2CCOCC2)CC1. The first-order valence-electron chi connectivity index (χ1n) is 6.25. The first kappa shape index (κ1) is 10.4. The maximum atomic E-state index is 5.40. The largest absolute Gasteiger partial charge is 0.381 e. The predicted octanol–water partition coefficient (Wildman–Crippen LogP) is 2.29. The highest BCUT2D eigenvalue weighted by molar-refractivity contribution is 4.70. The van der Waals surface area contributed by atoms with E-state index in [9.17, 15) is 0 Å². The number of rotatable bonds is 2. The highest BCUT2D eigenvalue weighted by Crippen LogP contribution is 2.18. The molecule has 2 nitrogen and oxygen atoms in total. The van der Waals surface area contributed by atoms with Gasteiger partial charge in [-0.2, -0.15) is 0 Å². The van der Waals surface area contributed by atoms with E-state index in [0.717, 1.165) is 19.1 Å². The van der Waals surface area contributed by atoms with Crippen molar-refractivity contribution in [2.75, 3.05) is 32.8 Å². The summed E-state index contributed by atoms with van der Waals surface area (Å²) in [6.07, 6.45) is 8.31. The number of hydrogen-bond acceptors (Lipinski definition) is 2. The number of likely N-dealkylation sites (tertiary alicyclic amines) is 1. The van der Waals surface area contributed by atoms with Crippen molar-refractivity contribution in [3.05, 3.63) is 0 Å². The Morgan fingerprint density at radius 2 is 1.57 bits per heavy atom. The van der Waals surface area contributed by atoms with Gasteiger partial charge in [-0.05, 0) is 44.7 Å². The molecule has 0 unspecified atom stereocenters. The Labute approximate surface area is 87.6 Å². The molecule has 0 N–H and O–H groups in total. The van der Waals surface area contributed by atoms with E-state index in [1.807, 2.05) is 0 Å². The van der Waals surface area contributed by atoms with Gasteiger partial charge in [0.2, 0.25) is 0 Å². The van der Waals surface area contributed by atoms with Crippen LogP contribution < -0.4 is 0 Å². The second kappa shape index (κ2) is 5.72. The van der Waals surface area contributed by atoms with Crippen molar-refractivity contribution < 1.29 is 4.74 Å². The van der Waals surface area contributed by atoms with Crippen LogP contribution in [0, 0.1) is 5.92 Å². The Morgan fingerprint density at radius 3 is 2.21 bits per heavy atom. The van der Waals surface area contributed by atoms with Gasteiger partial charge in [-0.25, -0.2) is 0 Å². The summed E-state index contributed by atoms with van der Waals surface area (Å²) in [6, 6.07) is 0. The van der Waals surface area contributed by atoms with Crippen LogP contribution in [0.1, 0.15) is 38.5 Å². The second-order valence-corrected chi connectivity index (χ2v) is 4.77. The third-order valence-corrected chi connectivity index (χ3v) is 3.56. The molecule has 2 aliphatic heterocycles. The summed E-state index contributed by atoms with van der Waals surface area (Å²) in [5.74, 6) is 0.918. The Morgan fingerprint density at radius 1 is 0.929 bits per heavy atom. The molecule has 0 amide bonds. The molecule has 2 aliphatic rings. The van der Waals surface area contributed by atoms with Crippen molar-refractivity contribution in [3.63, 3.8) is 0 Å². The molecule has 0 aromatic rings. The molecule has 0 aromatic heterocycles. The van der Waals surface area contributed by atoms with Crippen LogP contribution in [-0.2, 0) is 4.74 Å². The van der Waals surface area contributed by atoms with Crippen molar-refractivity contribution in [3.8, 4) is 0 Å². The van der Waals surface area contributed by atoms with Crippen LogP contribution in [0.3, 0.4) is 0 Å². The van der Waals surface area contributed by atoms with E-state index in [0.29, 0.717) is 0 Å². The fraction of sp³-hybridized carbons (Fsp3) is 1.00. The van der Waals surface area contributed by atoms with E-state index >= 15 is 0 Å². The molecule has 2 fully saturated rings. The van der Waals surface area contributed by atoms with Gasteiger partial charge in [0.05, 0.1) is 0 Å². The lowest BCUT2D eigenvalue weighted by Gasteiger charge is -2.28. The molecule has 0 atom stereocenters.